The van der Waals surface area contributed by atoms with Crippen LogP contribution in [0.2, 0.25) is 5.02 Å². The van der Waals surface area contributed by atoms with Crippen LogP contribution < -0.4 is 0 Å². The third-order valence-electron chi connectivity index (χ3n) is 2.61. The van der Waals surface area contributed by atoms with Gasteiger partial charge in [0.1, 0.15) is 5.82 Å². The van der Waals surface area contributed by atoms with Crippen molar-refractivity contribution in [2.75, 3.05) is 0 Å². The van der Waals surface area contributed by atoms with Crippen LogP contribution in [0.15, 0.2) is 36.4 Å². The molecule has 0 unspecified atom stereocenters. The lowest BCUT2D eigenvalue weighted by molar-refractivity contribution is 0.629. The maximum atomic E-state index is 13.3. The Bertz CT molecular complexity index is 532. The van der Waals surface area contributed by atoms with Crippen molar-refractivity contribution in [2.24, 2.45) is 0 Å². The van der Waals surface area contributed by atoms with Gasteiger partial charge in [-0.25, -0.2) is 4.39 Å². The Balaban J connectivity index is 2.54. The van der Waals surface area contributed by atoms with Gasteiger partial charge >= 0.3 is 0 Å². The van der Waals surface area contributed by atoms with E-state index in [1.165, 1.54) is 11.6 Å². The fourth-order valence-corrected chi connectivity index (χ4v) is 1.92. The number of halogens is 2. The molecule has 0 spiro atoms. The molecule has 0 saturated heterocycles. The van der Waals surface area contributed by atoms with Gasteiger partial charge in [0.05, 0.1) is 5.02 Å². The Labute approximate surface area is 99.7 Å². The summed E-state index contributed by atoms with van der Waals surface area (Å²) in [5.41, 5.74) is 4.25. The first kappa shape index (κ1) is 11.2. The standard InChI is InChI=1S/C14H12ClF/c1-9-3-5-12(10(2)7-9)11-4-6-13(15)14(16)8-11/h3-8H,1-2H3. The fraction of sp³-hybridized carbons (Fsp3) is 0.143. The molecule has 82 valence electrons. The van der Waals surface area contributed by atoms with Crippen LogP contribution >= 0.6 is 11.6 Å². The van der Waals surface area contributed by atoms with E-state index in [1.54, 1.807) is 6.07 Å². The van der Waals surface area contributed by atoms with Crippen LogP contribution in [0.4, 0.5) is 4.39 Å². The minimum Gasteiger partial charge on any atom is -0.205 e. The Hall–Kier alpha value is -1.34. The van der Waals surface area contributed by atoms with Crippen molar-refractivity contribution in [3.8, 4) is 11.1 Å². The van der Waals surface area contributed by atoms with Crippen molar-refractivity contribution in [3.05, 3.63) is 58.4 Å². The summed E-state index contributed by atoms with van der Waals surface area (Å²) >= 11 is 5.66. The molecule has 0 aliphatic rings. The summed E-state index contributed by atoms with van der Waals surface area (Å²) in [6, 6.07) is 11.0. The molecule has 0 radical (unpaired) electrons. The molecule has 2 aromatic carbocycles. The minimum absolute atomic E-state index is 0.161. The van der Waals surface area contributed by atoms with E-state index in [-0.39, 0.29) is 10.8 Å². The van der Waals surface area contributed by atoms with Crippen LogP contribution in [0.5, 0.6) is 0 Å². The van der Waals surface area contributed by atoms with Gasteiger partial charge < -0.3 is 0 Å². The van der Waals surface area contributed by atoms with Crippen LogP contribution in [-0.2, 0) is 0 Å². The van der Waals surface area contributed by atoms with Gasteiger partial charge in [-0.3, -0.25) is 0 Å². The maximum Gasteiger partial charge on any atom is 0.142 e. The first-order valence-electron chi connectivity index (χ1n) is 5.10. The Morgan fingerprint density at radius 1 is 1.00 bits per heavy atom. The predicted octanol–water partition coefficient (Wildman–Crippen LogP) is 4.76. The Kier molecular flexibility index (Phi) is 2.97. The van der Waals surface area contributed by atoms with E-state index >= 15 is 0 Å². The molecular weight excluding hydrogens is 223 g/mol. The lowest BCUT2D eigenvalue weighted by Gasteiger charge is -2.07. The van der Waals surface area contributed by atoms with Crippen LogP contribution in [0.3, 0.4) is 0 Å². The van der Waals surface area contributed by atoms with Crippen LogP contribution in [0.25, 0.3) is 11.1 Å². The topological polar surface area (TPSA) is 0 Å². The third kappa shape index (κ3) is 2.10. The van der Waals surface area contributed by atoms with E-state index in [0.29, 0.717) is 0 Å². The van der Waals surface area contributed by atoms with Gasteiger partial charge in [-0.2, -0.15) is 0 Å². The van der Waals surface area contributed by atoms with Gasteiger partial charge in [-0.05, 0) is 42.7 Å². The largest absolute Gasteiger partial charge is 0.205 e. The number of benzene rings is 2. The molecule has 0 fully saturated rings. The summed E-state index contributed by atoms with van der Waals surface area (Å²) in [6.07, 6.45) is 0. The van der Waals surface area contributed by atoms with Crippen molar-refractivity contribution < 1.29 is 4.39 Å². The van der Waals surface area contributed by atoms with E-state index in [4.69, 9.17) is 11.6 Å². The second kappa shape index (κ2) is 4.26. The molecule has 2 rings (SSSR count). The Morgan fingerprint density at radius 3 is 2.38 bits per heavy atom. The van der Waals surface area contributed by atoms with Crippen molar-refractivity contribution in [1.29, 1.82) is 0 Å². The average molecular weight is 235 g/mol. The molecule has 0 amide bonds. The molecule has 0 heterocycles. The predicted molar refractivity (Wildman–Crippen MR) is 66.3 cm³/mol. The SMILES string of the molecule is Cc1ccc(-c2ccc(Cl)c(F)c2)c(C)c1. The number of rotatable bonds is 1. The fourth-order valence-electron chi connectivity index (χ4n) is 1.80. The zero-order valence-electron chi connectivity index (χ0n) is 9.22. The van der Waals surface area contributed by atoms with Gasteiger partial charge in [0.25, 0.3) is 0 Å². The lowest BCUT2D eigenvalue weighted by Crippen LogP contribution is -1.86. The van der Waals surface area contributed by atoms with E-state index in [9.17, 15) is 4.39 Å². The quantitative estimate of drug-likeness (QED) is 0.667. The van der Waals surface area contributed by atoms with Crippen molar-refractivity contribution in [1.82, 2.24) is 0 Å². The first-order chi connectivity index (χ1) is 7.58. The van der Waals surface area contributed by atoms with Crippen molar-refractivity contribution in [2.45, 2.75) is 13.8 Å². The maximum absolute atomic E-state index is 13.3. The van der Waals surface area contributed by atoms with Gasteiger partial charge in [-0.1, -0.05) is 41.4 Å². The molecule has 2 heteroatoms. The van der Waals surface area contributed by atoms with E-state index in [0.717, 1.165) is 16.7 Å². The zero-order valence-corrected chi connectivity index (χ0v) is 9.98. The molecule has 0 saturated carbocycles. The van der Waals surface area contributed by atoms with Gasteiger partial charge in [0.15, 0.2) is 0 Å². The summed E-state index contributed by atoms with van der Waals surface area (Å²) < 4.78 is 13.3. The third-order valence-corrected chi connectivity index (χ3v) is 2.92. The van der Waals surface area contributed by atoms with Gasteiger partial charge in [0, 0.05) is 0 Å². The number of aryl methyl sites for hydroxylation is 2. The van der Waals surface area contributed by atoms with Crippen LogP contribution in [0.1, 0.15) is 11.1 Å². The van der Waals surface area contributed by atoms with Crippen molar-refractivity contribution >= 4 is 11.6 Å². The molecule has 0 bridgehead atoms. The second-order valence-electron chi connectivity index (χ2n) is 3.95. The van der Waals surface area contributed by atoms with Crippen molar-refractivity contribution in [3.63, 3.8) is 0 Å². The molecule has 0 nitrogen and oxygen atoms in total. The van der Waals surface area contributed by atoms with E-state index in [1.807, 2.05) is 32.0 Å². The summed E-state index contributed by atoms with van der Waals surface area (Å²) in [5, 5.41) is 0.161. The first-order valence-corrected chi connectivity index (χ1v) is 5.48. The van der Waals surface area contributed by atoms with E-state index in [2.05, 4.69) is 6.07 Å². The zero-order chi connectivity index (χ0) is 11.7. The van der Waals surface area contributed by atoms with Crippen LogP contribution in [0, 0.1) is 19.7 Å². The average Bonchev–Trinajstić information content (AvgIpc) is 2.22. The summed E-state index contributed by atoms with van der Waals surface area (Å²) in [5.74, 6) is -0.376. The van der Waals surface area contributed by atoms with E-state index < -0.39 is 0 Å². The monoisotopic (exact) mass is 234 g/mol. The molecule has 0 aliphatic heterocycles. The highest BCUT2D eigenvalue weighted by Gasteiger charge is 2.05. The molecule has 0 aliphatic carbocycles. The number of hydrogen-bond acceptors (Lipinski definition) is 0. The molecule has 2 aromatic rings. The van der Waals surface area contributed by atoms with Gasteiger partial charge in [-0.15, -0.1) is 0 Å². The summed E-state index contributed by atoms with van der Waals surface area (Å²) in [4.78, 5) is 0. The second-order valence-corrected chi connectivity index (χ2v) is 4.35. The Morgan fingerprint density at radius 2 is 1.75 bits per heavy atom. The molecule has 0 atom stereocenters. The summed E-state index contributed by atoms with van der Waals surface area (Å²) in [6.45, 7) is 4.06. The smallest absolute Gasteiger partial charge is 0.142 e. The van der Waals surface area contributed by atoms with Crippen LogP contribution in [-0.4, -0.2) is 0 Å². The lowest BCUT2D eigenvalue weighted by atomic mass is 9.99. The number of hydrogen-bond donors (Lipinski definition) is 0. The normalized spacial score (nSPS) is 10.5. The molecule has 16 heavy (non-hydrogen) atoms. The molecule has 0 aromatic heterocycles. The highest BCUT2D eigenvalue weighted by molar-refractivity contribution is 6.30. The minimum atomic E-state index is -0.376. The molecular formula is C14H12ClF. The molecule has 0 N–H and O–H groups in total. The highest BCUT2D eigenvalue weighted by atomic mass is 35.5. The van der Waals surface area contributed by atoms with Gasteiger partial charge in [0.2, 0.25) is 0 Å². The highest BCUT2D eigenvalue weighted by Crippen LogP contribution is 2.27. The summed E-state index contributed by atoms with van der Waals surface area (Å²) in [7, 11) is 0.